The molecule has 7 aromatic carbocycles. The summed E-state index contributed by atoms with van der Waals surface area (Å²) in [7, 11) is 0. The maximum Gasteiger partial charge on any atom is 0.330 e. The first-order valence-electron chi connectivity index (χ1n) is 45.5. The second-order valence-corrected chi connectivity index (χ2v) is 35.9. The number of unbranched alkanes of at least 4 members (excludes halogenated alkanes) is 7. The van der Waals surface area contributed by atoms with E-state index in [0.717, 1.165) is 130 Å². The van der Waals surface area contributed by atoms with E-state index >= 15 is 24.0 Å². The number of ether oxygens (including phenoxy) is 9. The summed E-state index contributed by atoms with van der Waals surface area (Å²) < 4.78 is 58.5. The van der Waals surface area contributed by atoms with Crippen molar-refractivity contribution in [3.63, 3.8) is 0 Å². The number of carbonyl (C=O) groups excluding carboxylic acids is 8. The Kier molecular flexibility index (Phi) is 32.9. The molecule has 42 nitrogen and oxygen atoms in total. The fourth-order valence-electron chi connectivity index (χ4n) is 17.6. The van der Waals surface area contributed by atoms with Gasteiger partial charge in [0.05, 0.1) is 24.8 Å². The third-order valence-corrected chi connectivity index (χ3v) is 25.3. The largest absolute Gasteiger partial charge is 0.508 e. The number of hydrogen-bond acceptors (Lipinski definition) is 33. The zero-order valence-electron chi connectivity index (χ0n) is 75.6. The zero-order valence-corrected chi connectivity index (χ0v) is 76.4. The molecule has 3 fully saturated rings. The topological polar surface area (TPSA) is 662 Å². The average Bonchev–Trinajstić information content (AvgIpc) is 0.752. The fraction of sp³-hybridized carbons (Fsp3) is 0.448. The molecule has 16 rings (SSSR count). The summed E-state index contributed by atoms with van der Waals surface area (Å²) in [4.78, 5) is 140. The number of aliphatic hydroxyl groups excluding tert-OH is 10. The Morgan fingerprint density at radius 1 is 0.525 bits per heavy atom. The second-order valence-electron chi connectivity index (χ2n) is 35.5. The van der Waals surface area contributed by atoms with Gasteiger partial charge in [-0.25, -0.2) is 4.79 Å². The van der Waals surface area contributed by atoms with Gasteiger partial charge in [0.15, 0.2) is 35.3 Å². The Morgan fingerprint density at radius 2 is 1.11 bits per heavy atom. The molecule has 746 valence electrons. The van der Waals surface area contributed by atoms with E-state index in [1.165, 1.54) is 24.3 Å². The van der Waals surface area contributed by atoms with Crippen molar-refractivity contribution >= 4 is 70.9 Å². The molecule has 0 saturated carbocycles. The van der Waals surface area contributed by atoms with Crippen molar-refractivity contribution in [1.82, 2.24) is 42.5 Å². The standard InChI is InChI=1S/C96H112ClN9O33/c1-5-6-7-8-9-13-16-44-26-43-18-24-59(44)132-63-33-49-34-64(86(63)139-95-76(82(120)79(117)66(39-108)136-95)101-68(115)17-14-11-10-12-15-41(2)3)133-60-25-21-47(31-55(60)97)85(138-94-75(99-42(4)110)81(119)78(116)65(38-107)135-94)77-92(128)105-74(93(129)130)54-36-51(112)37-62(134-96-84(122)83(121)80(118)67(40-109)137-96)69(54)53-30-46(20-22-57(53)113)71(89(125)106-77)103-91(127)73(49)104-90(126)72-48-28-50(111)35-52(29-48)131-61-32-45(19-23-58(61)114)70(98)88(124)100-56(27-43)87(123)102-72/h13,16,18-26,28-37,41,56,65-67,70-85,94-96,107-109,111-114,116-122H,5-12,14-15,17,27,38-40,98H2,1-4H3,(H,99,110)(H,100,124)(H,101,115)(H,102,123)(H,103,127)(H,104,126)(H,105,128)(H,106,125)(H,129,130)/b16-13+/t56-,65-,66-,67-,70-,71-,72+,73-,74+,75-,76-,77+,78-,79-,80-,81-,82-,83+,84+,85-,94+,95+,96+/m1/s1. The van der Waals surface area contributed by atoms with Gasteiger partial charge in [-0.1, -0.05) is 114 Å². The normalized spacial score (nSPS) is 28.1. The molecular formula is C96H112ClN9O33. The number of rotatable bonds is 25. The van der Waals surface area contributed by atoms with Crippen LogP contribution in [0.25, 0.3) is 17.2 Å². The van der Waals surface area contributed by atoms with Crippen LogP contribution >= 0.6 is 11.6 Å². The maximum atomic E-state index is 17.2. The van der Waals surface area contributed by atoms with E-state index in [2.05, 4.69) is 56.4 Å². The molecule has 7 aromatic rings. The first-order valence-corrected chi connectivity index (χ1v) is 45.9. The van der Waals surface area contributed by atoms with Crippen LogP contribution in [-0.2, 0) is 68.5 Å². The number of nitrogens with two attached hydrogens (primary N) is 1. The van der Waals surface area contributed by atoms with Gasteiger partial charge in [-0.2, -0.15) is 0 Å². The quantitative estimate of drug-likeness (QED) is 0.0365. The molecule has 23 atom stereocenters. The number of phenols is 4. The average molecular weight is 1960 g/mol. The highest BCUT2D eigenvalue weighted by molar-refractivity contribution is 6.32. The number of hydrogen-bond donors (Lipinski definition) is 24. The third-order valence-electron chi connectivity index (χ3n) is 25.0. The number of aromatic hydroxyl groups is 4. The molecule has 9 aliphatic heterocycles. The number of phenolic OH excluding ortho intramolecular Hbond substituents is 4. The number of aliphatic carboxylic acids is 1. The lowest BCUT2D eigenvalue weighted by Crippen LogP contribution is -2.65. The maximum absolute atomic E-state index is 17.2. The fourth-order valence-corrected chi connectivity index (χ4v) is 17.8. The van der Waals surface area contributed by atoms with Crippen LogP contribution in [-0.4, -0.2) is 254 Å². The van der Waals surface area contributed by atoms with Crippen LogP contribution in [0.5, 0.6) is 69.0 Å². The van der Waals surface area contributed by atoms with E-state index in [9.17, 15) is 95.8 Å². The number of carbonyl (C=O) groups is 9. The Hall–Kier alpha value is -12.6. The van der Waals surface area contributed by atoms with Crippen molar-refractivity contribution in [3.8, 4) is 80.1 Å². The molecule has 3 saturated heterocycles. The minimum Gasteiger partial charge on any atom is -0.508 e. The predicted molar refractivity (Wildman–Crippen MR) is 486 cm³/mol. The van der Waals surface area contributed by atoms with E-state index in [1.807, 2.05) is 13.0 Å². The number of benzene rings is 7. The number of nitrogens with one attached hydrogen (secondary N) is 8. The number of halogens is 1. The first kappa shape index (κ1) is 102. The van der Waals surface area contributed by atoms with Gasteiger partial charge in [-0.3, -0.25) is 38.4 Å². The smallest absolute Gasteiger partial charge is 0.330 e. The van der Waals surface area contributed by atoms with Crippen LogP contribution in [0.1, 0.15) is 179 Å². The molecule has 8 amide bonds. The summed E-state index contributed by atoms with van der Waals surface area (Å²) in [6.45, 7) is 4.05. The van der Waals surface area contributed by atoms with Crippen LogP contribution in [0.2, 0.25) is 5.02 Å². The number of fused-ring (bicyclic) bond motifs is 14. The first-order chi connectivity index (χ1) is 66.4. The van der Waals surface area contributed by atoms with Gasteiger partial charge in [-0.15, -0.1) is 0 Å². The lowest BCUT2D eigenvalue weighted by molar-refractivity contribution is -0.284. The van der Waals surface area contributed by atoms with Crippen LogP contribution in [0.15, 0.2) is 121 Å². The number of allylic oxidation sites excluding steroid dienone is 1. The number of carboxylic acid groups (broad SMARTS) is 1. The van der Waals surface area contributed by atoms with E-state index in [0.29, 0.717) is 37.2 Å². The summed E-state index contributed by atoms with van der Waals surface area (Å²) >= 11 is 7.55. The SMILES string of the molecule is CCCCCC/C=C/c1cc2ccc1Oc1cc3cc(c1O[C@@H]1O[C@H](CO)[C@@H](O)[C@H](O)[C@H]1NC(=O)CCCCCCC(C)C)Oc1ccc(cc1Cl)[C@@H](O[C@@H]1O[C@H](CO)[C@@H](O)[C@H](O)[C@H]1NC(C)=O)[C@@H]1NC(=O)[C@H](NC(=O)[C@@H]3NC(=O)[C@H]3NC(=O)[C@@H](C2)NC(=O)[C@H](N)c2ccc(O)c(c2)Oc2cc(O)cc3c2)c2ccc(O)c(c2)-c2c(O[C@H]3O[C@H](CO)[C@@H](O)[C@H](O)[C@@H]3O)cc(O)cc2[C@@H](C(=O)O)NC1=O. The number of carboxylic acids is 1. The summed E-state index contributed by atoms with van der Waals surface area (Å²) in [6.07, 6.45) is -18.5. The molecular weight excluding hydrogens is 1840 g/mol. The minimum absolute atomic E-state index is 0.0483. The molecule has 0 radical (unpaired) electrons. The molecule has 0 spiro atoms. The molecule has 43 heteroatoms. The number of aliphatic hydroxyl groups is 10. The van der Waals surface area contributed by atoms with Gasteiger partial charge in [0.2, 0.25) is 65.6 Å². The highest BCUT2D eigenvalue weighted by Crippen LogP contribution is 2.51. The van der Waals surface area contributed by atoms with Gasteiger partial charge in [-0.05, 0) is 137 Å². The summed E-state index contributed by atoms with van der Waals surface area (Å²) in [6, 6.07) is 1.82. The lowest BCUT2D eigenvalue weighted by Gasteiger charge is -2.44. The van der Waals surface area contributed by atoms with Gasteiger partial charge in [0, 0.05) is 54.2 Å². The van der Waals surface area contributed by atoms with Crippen molar-refractivity contribution < 1.29 is 162 Å². The van der Waals surface area contributed by atoms with Gasteiger partial charge >= 0.3 is 5.97 Å². The van der Waals surface area contributed by atoms with Crippen LogP contribution in [0.3, 0.4) is 0 Å². The highest BCUT2D eigenvalue weighted by Gasteiger charge is 2.52. The highest BCUT2D eigenvalue weighted by atomic mass is 35.5. The Morgan fingerprint density at radius 3 is 1.77 bits per heavy atom. The summed E-state index contributed by atoms with van der Waals surface area (Å²) in [5.41, 5.74) is 3.38. The molecule has 9 heterocycles. The Bertz CT molecular complexity index is 5750. The third kappa shape index (κ3) is 23.3. The van der Waals surface area contributed by atoms with Crippen molar-refractivity contribution in [2.24, 2.45) is 11.7 Å². The van der Waals surface area contributed by atoms with E-state index in [1.54, 1.807) is 12.1 Å². The molecule has 0 aromatic heterocycles. The van der Waals surface area contributed by atoms with Crippen LogP contribution in [0, 0.1) is 5.92 Å². The number of amides is 8. The zero-order chi connectivity index (χ0) is 99.8. The van der Waals surface area contributed by atoms with E-state index < -0.39 is 304 Å². The van der Waals surface area contributed by atoms with Gasteiger partial charge < -0.3 is 167 Å². The summed E-state index contributed by atoms with van der Waals surface area (Å²) in [5.74, 6) is -18.4. The molecule has 9 aliphatic rings. The molecule has 25 N–H and O–H groups in total. The molecule has 139 heavy (non-hydrogen) atoms. The minimum atomic E-state index is -2.59. The summed E-state index contributed by atoms with van der Waals surface area (Å²) in [5, 5.41) is 192. The predicted octanol–water partition coefficient (Wildman–Crippen LogP) is 3.35. The Labute approximate surface area is 799 Å². The van der Waals surface area contributed by atoms with Crippen molar-refractivity contribution in [1.29, 1.82) is 0 Å². The molecule has 17 bridgehead atoms. The van der Waals surface area contributed by atoms with Gasteiger partial charge in [0.1, 0.15) is 156 Å². The molecule has 0 unspecified atom stereocenters. The van der Waals surface area contributed by atoms with Crippen molar-refractivity contribution in [2.75, 3.05) is 19.8 Å². The monoisotopic (exact) mass is 1950 g/mol. The van der Waals surface area contributed by atoms with Crippen molar-refractivity contribution in [3.05, 3.63) is 171 Å². The second kappa shape index (κ2) is 44.7. The van der Waals surface area contributed by atoms with Crippen LogP contribution in [0.4, 0.5) is 0 Å². The van der Waals surface area contributed by atoms with Crippen molar-refractivity contribution in [2.45, 2.75) is 245 Å². The van der Waals surface area contributed by atoms with Crippen LogP contribution < -0.4 is 72.0 Å². The molecule has 0 aliphatic carbocycles. The van der Waals surface area contributed by atoms with E-state index in [4.69, 9.17) is 60.0 Å². The lowest BCUT2D eigenvalue weighted by atomic mass is 9.89. The van der Waals surface area contributed by atoms with E-state index in [-0.39, 0.29) is 45.9 Å². The van der Waals surface area contributed by atoms with Gasteiger partial charge in [0.25, 0.3) is 0 Å². The Balaban J connectivity index is 1.06.